The van der Waals surface area contributed by atoms with Gasteiger partial charge in [-0.05, 0) is 18.6 Å². The van der Waals surface area contributed by atoms with Crippen LogP contribution in [-0.2, 0) is 9.53 Å². The molecule has 0 bridgehead atoms. The predicted molar refractivity (Wildman–Crippen MR) is 74.2 cm³/mol. The molecule has 5 heteroatoms. The molecule has 1 saturated heterocycles. The molecule has 1 fully saturated rings. The van der Waals surface area contributed by atoms with Crippen LogP contribution in [0.15, 0.2) is 35.3 Å². The molecular weight excluding hydrogens is 248 g/mol. The van der Waals surface area contributed by atoms with Gasteiger partial charge in [0.25, 0.3) is 0 Å². The largest absolute Gasteiger partial charge is 0.385 e. The van der Waals surface area contributed by atoms with E-state index in [4.69, 9.17) is 4.74 Å². The second kappa shape index (κ2) is 6.56. The zero-order valence-corrected chi connectivity index (χ0v) is 11.2. The summed E-state index contributed by atoms with van der Waals surface area (Å²) in [6.07, 6.45) is 0.830. The third kappa shape index (κ3) is 3.34. The first-order valence-corrected chi connectivity index (χ1v) is 6.85. The lowest BCUT2D eigenvalue weighted by molar-refractivity contribution is -0.124. The first kappa shape index (κ1) is 13.1. The highest BCUT2D eigenvalue weighted by molar-refractivity contribution is 8.15. The van der Waals surface area contributed by atoms with E-state index in [0.717, 1.165) is 17.3 Å². The molecule has 1 heterocycles. The molecule has 1 aromatic rings. The Morgan fingerprint density at radius 1 is 1.39 bits per heavy atom. The van der Waals surface area contributed by atoms with Gasteiger partial charge in [0.15, 0.2) is 5.17 Å². The van der Waals surface area contributed by atoms with E-state index in [2.05, 4.69) is 4.99 Å². The van der Waals surface area contributed by atoms with E-state index >= 15 is 0 Å². The highest BCUT2D eigenvalue weighted by Crippen LogP contribution is 2.23. The first-order chi connectivity index (χ1) is 8.81. The van der Waals surface area contributed by atoms with Gasteiger partial charge in [-0.2, -0.15) is 0 Å². The van der Waals surface area contributed by atoms with Crippen molar-refractivity contribution in [2.24, 2.45) is 4.99 Å². The molecule has 0 atom stereocenters. The number of methoxy groups -OCH3 is 1. The fraction of sp³-hybridized carbons (Fsp3) is 0.385. The zero-order chi connectivity index (χ0) is 12.8. The maximum Gasteiger partial charge on any atom is 0.239 e. The molecule has 0 radical (unpaired) electrons. The van der Waals surface area contributed by atoms with Gasteiger partial charge in [-0.25, -0.2) is 4.99 Å². The van der Waals surface area contributed by atoms with Crippen LogP contribution < -0.4 is 0 Å². The lowest BCUT2D eigenvalue weighted by Gasteiger charge is -2.15. The van der Waals surface area contributed by atoms with Gasteiger partial charge in [-0.15, -0.1) is 0 Å². The number of carbonyl (C=O) groups is 1. The average molecular weight is 264 g/mol. The molecular formula is C13H16N2O2S. The van der Waals surface area contributed by atoms with Gasteiger partial charge in [-0.3, -0.25) is 9.69 Å². The fourth-order valence-corrected chi connectivity index (χ4v) is 2.61. The molecule has 4 nitrogen and oxygen atoms in total. The Bertz CT molecular complexity index is 434. The minimum Gasteiger partial charge on any atom is -0.385 e. The molecule has 0 aliphatic carbocycles. The summed E-state index contributed by atoms with van der Waals surface area (Å²) in [4.78, 5) is 18.0. The Kier molecular flexibility index (Phi) is 4.78. The monoisotopic (exact) mass is 264 g/mol. The third-order valence-corrected chi connectivity index (χ3v) is 3.53. The van der Waals surface area contributed by atoms with Crippen LogP contribution in [0.1, 0.15) is 6.42 Å². The predicted octanol–water partition coefficient (Wildman–Crippen LogP) is 2.29. The number of amides is 1. The van der Waals surface area contributed by atoms with Crippen molar-refractivity contribution in [3.8, 4) is 0 Å². The SMILES string of the molecule is COCCCN1C(=O)CSC1=Nc1ccccc1. The number of aliphatic imine (C=N–C) groups is 1. The number of hydrogen-bond acceptors (Lipinski definition) is 4. The summed E-state index contributed by atoms with van der Waals surface area (Å²) in [5.74, 6) is 0.615. The van der Waals surface area contributed by atoms with Crippen LogP contribution in [-0.4, -0.2) is 42.0 Å². The molecule has 2 rings (SSSR count). The highest BCUT2D eigenvalue weighted by atomic mass is 32.2. The van der Waals surface area contributed by atoms with Crippen LogP contribution in [0, 0.1) is 0 Å². The molecule has 0 aromatic heterocycles. The first-order valence-electron chi connectivity index (χ1n) is 5.87. The maximum absolute atomic E-state index is 11.8. The molecule has 1 aromatic carbocycles. The number of rotatable bonds is 5. The topological polar surface area (TPSA) is 41.9 Å². The van der Waals surface area contributed by atoms with Crippen LogP contribution >= 0.6 is 11.8 Å². The minimum atomic E-state index is 0.130. The number of para-hydroxylation sites is 1. The van der Waals surface area contributed by atoms with Crippen molar-refractivity contribution < 1.29 is 9.53 Å². The molecule has 0 spiro atoms. The summed E-state index contributed by atoms with van der Waals surface area (Å²) in [6.45, 7) is 1.33. The summed E-state index contributed by atoms with van der Waals surface area (Å²) in [5, 5.41) is 0.794. The summed E-state index contributed by atoms with van der Waals surface area (Å²) in [7, 11) is 1.67. The fourth-order valence-electron chi connectivity index (χ4n) is 1.68. The smallest absolute Gasteiger partial charge is 0.239 e. The van der Waals surface area contributed by atoms with Gasteiger partial charge in [0.05, 0.1) is 11.4 Å². The second-order valence-electron chi connectivity index (χ2n) is 3.91. The number of ether oxygens (including phenoxy) is 1. The molecule has 1 aliphatic heterocycles. The average Bonchev–Trinajstić information content (AvgIpc) is 2.73. The Hall–Kier alpha value is -1.33. The van der Waals surface area contributed by atoms with Crippen molar-refractivity contribution in [2.45, 2.75) is 6.42 Å². The quantitative estimate of drug-likeness (QED) is 0.766. The van der Waals surface area contributed by atoms with Gasteiger partial charge < -0.3 is 4.74 Å². The van der Waals surface area contributed by atoms with Crippen LogP contribution in [0.4, 0.5) is 5.69 Å². The summed E-state index contributed by atoms with van der Waals surface area (Å²) in [6, 6.07) is 9.70. The van der Waals surface area contributed by atoms with Crippen molar-refractivity contribution in [3.63, 3.8) is 0 Å². The number of amidine groups is 1. The molecule has 0 unspecified atom stereocenters. The van der Waals surface area contributed by atoms with Crippen LogP contribution in [0.5, 0.6) is 0 Å². The van der Waals surface area contributed by atoms with E-state index in [1.54, 1.807) is 12.0 Å². The number of benzene rings is 1. The normalized spacial score (nSPS) is 17.7. The second-order valence-corrected chi connectivity index (χ2v) is 4.85. The number of hydrogen-bond donors (Lipinski definition) is 0. The third-order valence-electron chi connectivity index (χ3n) is 2.57. The Morgan fingerprint density at radius 2 is 2.17 bits per heavy atom. The number of carbonyl (C=O) groups excluding carboxylic acids is 1. The van der Waals surface area contributed by atoms with Gasteiger partial charge in [0, 0.05) is 20.3 Å². The maximum atomic E-state index is 11.8. The lowest BCUT2D eigenvalue weighted by Crippen LogP contribution is -2.31. The van der Waals surface area contributed by atoms with Crippen molar-refractivity contribution in [3.05, 3.63) is 30.3 Å². The van der Waals surface area contributed by atoms with Crippen molar-refractivity contribution >= 4 is 28.5 Å². The summed E-state index contributed by atoms with van der Waals surface area (Å²) in [5.41, 5.74) is 0.881. The van der Waals surface area contributed by atoms with Crippen molar-refractivity contribution in [1.29, 1.82) is 0 Å². The van der Waals surface area contributed by atoms with Crippen molar-refractivity contribution in [2.75, 3.05) is 26.0 Å². The van der Waals surface area contributed by atoms with E-state index in [9.17, 15) is 4.79 Å². The molecule has 96 valence electrons. The summed E-state index contributed by atoms with van der Waals surface area (Å²) < 4.78 is 5.01. The van der Waals surface area contributed by atoms with E-state index < -0.39 is 0 Å². The molecule has 1 aliphatic rings. The molecule has 0 N–H and O–H groups in total. The Labute approximate surface area is 111 Å². The number of nitrogens with zero attached hydrogens (tertiary/aromatic N) is 2. The number of thioether (sulfide) groups is 1. The van der Waals surface area contributed by atoms with E-state index in [1.807, 2.05) is 30.3 Å². The van der Waals surface area contributed by atoms with Gasteiger partial charge in [0.1, 0.15) is 0 Å². The standard InChI is InChI=1S/C13H16N2O2S/c1-17-9-5-8-15-12(16)10-18-13(15)14-11-6-3-2-4-7-11/h2-4,6-7H,5,8-10H2,1H3. The van der Waals surface area contributed by atoms with E-state index in [0.29, 0.717) is 18.9 Å². The van der Waals surface area contributed by atoms with Crippen LogP contribution in [0.25, 0.3) is 0 Å². The van der Waals surface area contributed by atoms with E-state index in [-0.39, 0.29) is 5.91 Å². The van der Waals surface area contributed by atoms with Crippen LogP contribution in [0.3, 0.4) is 0 Å². The van der Waals surface area contributed by atoms with Crippen LogP contribution in [0.2, 0.25) is 0 Å². The highest BCUT2D eigenvalue weighted by Gasteiger charge is 2.27. The molecule has 18 heavy (non-hydrogen) atoms. The Morgan fingerprint density at radius 3 is 2.89 bits per heavy atom. The van der Waals surface area contributed by atoms with Gasteiger partial charge in [-0.1, -0.05) is 30.0 Å². The molecule has 1 amide bonds. The lowest BCUT2D eigenvalue weighted by atomic mass is 10.3. The molecule has 0 saturated carbocycles. The van der Waals surface area contributed by atoms with E-state index in [1.165, 1.54) is 11.8 Å². The van der Waals surface area contributed by atoms with Gasteiger partial charge >= 0.3 is 0 Å². The van der Waals surface area contributed by atoms with Crippen molar-refractivity contribution in [1.82, 2.24) is 4.90 Å². The summed E-state index contributed by atoms with van der Waals surface area (Å²) >= 11 is 1.50. The zero-order valence-electron chi connectivity index (χ0n) is 10.3. The minimum absolute atomic E-state index is 0.130. The van der Waals surface area contributed by atoms with Gasteiger partial charge in [0.2, 0.25) is 5.91 Å². The Balaban J connectivity index is 2.06.